The lowest BCUT2D eigenvalue weighted by atomic mass is 10.1. The first-order valence-electron chi connectivity index (χ1n) is 5.52. The maximum Gasteiger partial charge on any atom is 0.222 e. The molecule has 3 nitrogen and oxygen atoms in total. The molecule has 0 aliphatic rings. The SMILES string of the molecule is Cc1cc(C(C)NC(=O)CC(C)N)c(C)s1. The van der Waals surface area contributed by atoms with Gasteiger partial charge in [0.25, 0.3) is 0 Å². The second kappa shape index (κ2) is 5.46. The first-order chi connectivity index (χ1) is 7.40. The summed E-state index contributed by atoms with van der Waals surface area (Å²) in [6.45, 7) is 8.01. The van der Waals surface area contributed by atoms with Crippen molar-refractivity contribution in [2.45, 2.75) is 46.2 Å². The van der Waals surface area contributed by atoms with Crippen molar-refractivity contribution in [1.29, 1.82) is 0 Å². The number of aryl methyl sites for hydroxylation is 2. The maximum absolute atomic E-state index is 11.6. The number of thiophene rings is 1. The molecule has 3 N–H and O–H groups in total. The third-order valence-corrected chi connectivity index (χ3v) is 3.41. The molecule has 0 spiro atoms. The minimum absolute atomic E-state index is 0.0192. The Morgan fingerprint density at radius 2 is 2.12 bits per heavy atom. The highest BCUT2D eigenvalue weighted by Gasteiger charge is 2.14. The van der Waals surface area contributed by atoms with Gasteiger partial charge in [0.15, 0.2) is 0 Å². The molecule has 0 bridgehead atoms. The van der Waals surface area contributed by atoms with Crippen molar-refractivity contribution in [3.63, 3.8) is 0 Å². The lowest BCUT2D eigenvalue weighted by Crippen LogP contribution is -2.31. The summed E-state index contributed by atoms with van der Waals surface area (Å²) in [5.74, 6) is 0.0192. The van der Waals surface area contributed by atoms with Gasteiger partial charge in [0.05, 0.1) is 6.04 Å². The summed E-state index contributed by atoms with van der Waals surface area (Å²) in [7, 11) is 0. The van der Waals surface area contributed by atoms with E-state index in [4.69, 9.17) is 5.73 Å². The molecule has 0 radical (unpaired) electrons. The highest BCUT2D eigenvalue weighted by Crippen LogP contribution is 2.26. The molecule has 0 aliphatic heterocycles. The smallest absolute Gasteiger partial charge is 0.222 e. The average Bonchev–Trinajstić information content (AvgIpc) is 2.43. The molecule has 0 aliphatic carbocycles. The molecule has 0 aromatic carbocycles. The van der Waals surface area contributed by atoms with Gasteiger partial charge >= 0.3 is 0 Å². The monoisotopic (exact) mass is 240 g/mol. The lowest BCUT2D eigenvalue weighted by Gasteiger charge is -2.14. The van der Waals surface area contributed by atoms with Crippen molar-refractivity contribution in [1.82, 2.24) is 5.32 Å². The van der Waals surface area contributed by atoms with E-state index in [-0.39, 0.29) is 18.0 Å². The lowest BCUT2D eigenvalue weighted by molar-refractivity contribution is -0.121. The predicted octanol–water partition coefficient (Wildman–Crippen LogP) is 2.28. The molecule has 0 saturated carbocycles. The Hall–Kier alpha value is -0.870. The van der Waals surface area contributed by atoms with Crippen LogP contribution >= 0.6 is 11.3 Å². The average molecular weight is 240 g/mol. The second-order valence-corrected chi connectivity index (χ2v) is 5.80. The molecule has 2 atom stereocenters. The quantitative estimate of drug-likeness (QED) is 0.848. The van der Waals surface area contributed by atoms with Crippen LogP contribution in [-0.2, 0) is 4.79 Å². The largest absolute Gasteiger partial charge is 0.349 e. The number of hydrogen-bond donors (Lipinski definition) is 2. The van der Waals surface area contributed by atoms with Crippen LogP contribution in [0.25, 0.3) is 0 Å². The molecule has 1 aromatic heterocycles. The highest BCUT2D eigenvalue weighted by molar-refractivity contribution is 7.12. The fourth-order valence-electron chi connectivity index (χ4n) is 1.75. The van der Waals surface area contributed by atoms with E-state index in [0.29, 0.717) is 6.42 Å². The summed E-state index contributed by atoms with van der Waals surface area (Å²) in [4.78, 5) is 14.1. The van der Waals surface area contributed by atoms with E-state index in [0.717, 1.165) is 0 Å². The first-order valence-corrected chi connectivity index (χ1v) is 6.33. The Bertz CT molecular complexity index is 371. The number of nitrogens with two attached hydrogens (primary N) is 1. The standard InChI is InChI=1S/C12H20N2OS/c1-7(13)5-12(15)14-9(3)11-6-8(2)16-10(11)4/h6-7,9H,5,13H2,1-4H3,(H,14,15). The molecule has 90 valence electrons. The van der Waals surface area contributed by atoms with E-state index in [1.54, 1.807) is 11.3 Å². The zero-order valence-corrected chi connectivity index (χ0v) is 11.1. The van der Waals surface area contributed by atoms with Crippen molar-refractivity contribution in [2.24, 2.45) is 5.73 Å². The van der Waals surface area contributed by atoms with Gasteiger partial charge in [0.1, 0.15) is 0 Å². The summed E-state index contributed by atoms with van der Waals surface area (Å²) in [5.41, 5.74) is 6.79. The topological polar surface area (TPSA) is 55.1 Å². The summed E-state index contributed by atoms with van der Waals surface area (Å²) in [6, 6.07) is 2.12. The van der Waals surface area contributed by atoms with Gasteiger partial charge < -0.3 is 11.1 Å². The van der Waals surface area contributed by atoms with Crippen LogP contribution in [0.5, 0.6) is 0 Å². The minimum Gasteiger partial charge on any atom is -0.349 e. The molecule has 1 amide bonds. The Morgan fingerprint density at radius 1 is 1.50 bits per heavy atom. The van der Waals surface area contributed by atoms with Crippen LogP contribution in [0, 0.1) is 13.8 Å². The molecule has 2 unspecified atom stereocenters. The van der Waals surface area contributed by atoms with Crippen molar-refractivity contribution < 1.29 is 4.79 Å². The molecule has 4 heteroatoms. The van der Waals surface area contributed by atoms with Crippen LogP contribution in [0.1, 0.15) is 41.6 Å². The van der Waals surface area contributed by atoms with Crippen LogP contribution in [-0.4, -0.2) is 11.9 Å². The van der Waals surface area contributed by atoms with Gasteiger partial charge in [-0.25, -0.2) is 0 Å². The van der Waals surface area contributed by atoms with Gasteiger partial charge in [0.2, 0.25) is 5.91 Å². The van der Waals surface area contributed by atoms with Crippen LogP contribution in [0.15, 0.2) is 6.07 Å². The minimum atomic E-state index is -0.0856. The number of carbonyl (C=O) groups is 1. The second-order valence-electron chi connectivity index (χ2n) is 4.34. The van der Waals surface area contributed by atoms with E-state index in [1.165, 1.54) is 15.3 Å². The van der Waals surface area contributed by atoms with Crippen molar-refractivity contribution in [3.8, 4) is 0 Å². The molecule has 16 heavy (non-hydrogen) atoms. The molecular weight excluding hydrogens is 220 g/mol. The van der Waals surface area contributed by atoms with Gasteiger partial charge in [-0.05, 0) is 39.3 Å². The number of rotatable bonds is 4. The normalized spacial score (nSPS) is 14.6. The Balaban J connectivity index is 2.62. The Labute approximate surface area is 101 Å². The molecule has 1 aromatic rings. The molecule has 0 saturated heterocycles. The third-order valence-electron chi connectivity index (χ3n) is 2.43. The van der Waals surface area contributed by atoms with Crippen LogP contribution in [0.3, 0.4) is 0 Å². The fraction of sp³-hybridized carbons (Fsp3) is 0.583. The summed E-state index contributed by atoms with van der Waals surface area (Å²) >= 11 is 1.76. The predicted molar refractivity (Wildman–Crippen MR) is 68.6 cm³/mol. The van der Waals surface area contributed by atoms with Crippen LogP contribution in [0.4, 0.5) is 0 Å². The van der Waals surface area contributed by atoms with E-state index < -0.39 is 0 Å². The zero-order chi connectivity index (χ0) is 12.3. The first kappa shape index (κ1) is 13.2. The van der Waals surface area contributed by atoms with Gasteiger partial charge in [-0.3, -0.25) is 4.79 Å². The van der Waals surface area contributed by atoms with E-state index in [2.05, 4.69) is 25.2 Å². The van der Waals surface area contributed by atoms with Gasteiger partial charge in [-0.1, -0.05) is 0 Å². The van der Waals surface area contributed by atoms with E-state index in [1.807, 2.05) is 13.8 Å². The van der Waals surface area contributed by atoms with Crippen LogP contribution in [0.2, 0.25) is 0 Å². The zero-order valence-electron chi connectivity index (χ0n) is 10.3. The maximum atomic E-state index is 11.6. The van der Waals surface area contributed by atoms with Crippen LogP contribution < -0.4 is 11.1 Å². The molecule has 1 rings (SSSR count). The number of carbonyl (C=O) groups excluding carboxylic acids is 1. The van der Waals surface area contributed by atoms with Crippen molar-refractivity contribution in [2.75, 3.05) is 0 Å². The molecular formula is C12H20N2OS. The summed E-state index contributed by atoms with van der Waals surface area (Å²) < 4.78 is 0. The van der Waals surface area contributed by atoms with E-state index >= 15 is 0 Å². The number of nitrogens with one attached hydrogen (secondary N) is 1. The Kier molecular flexibility index (Phi) is 4.50. The van der Waals surface area contributed by atoms with E-state index in [9.17, 15) is 4.79 Å². The van der Waals surface area contributed by atoms with Gasteiger partial charge in [-0.15, -0.1) is 11.3 Å². The number of amides is 1. The number of hydrogen-bond acceptors (Lipinski definition) is 3. The molecule has 1 heterocycles. The summed E-state index contributed by atoms with van der Waals surface area (Å²) in [6.07, 6.45) is 0.381. The van der Waals surface area contributed by atoms with Crippen molar-refractivity contribution in [3.05, 3.63) is 21.4 Å². The van der Waals surface area contributed by atoms with Gasteiger partial charge in [-0.2, -0.15) is 0 Å². The fourth-order valence-corrected chi connectivity index (χ4v) is 2.77. The molecule has 0 fully saturated rings. The van der Waals surface area contributed by atoms with Gasteiger partial charge in [0, 0.05) is 22.2 Å². The van der Waals surface area contributed by atoms with Crippen molar-refractivity contribution >= 4 is 17.2 Å². The Morgan fingerprint density at radius 3 is 2.56 bits per heavy atom. The summed E-state index contributed by atoms with van der Waals surface area (Å²) in [5, 5.41) is 2.97. The third kappa shape index (κ3) is 3.61. The highest BCUT2D eigenvalue weighted by atomic mass is 32.1.